The van der Waals surface area contributed by atoms with Crippen LogP contribution in [-0.4, -0.2) is 24.7 Å². The molecule has 100 valence electrons. The molecule has 0 atom stereocenters. The van der Waals surface area contributed by atoms with E-state index in [1.54, 1.807) is 12.1 Å². The molecule has 0 aliphatic rings. The molecular weight excluding hydrogens is 300 g/mol. The van der Waals surface area contributed by atoms with Crippen LogP contribution in [0.2, 0.25) is 0 Å². The molecule has 0 unspecified atom stereocenters. The number of nitrogens with zero attached hydrogens (tertiary/aromatic N) is 1. The first-order valence-electron chi connectivity index (χ1n) is 5.76. The number of anilines is 1. The monoisotopic (exact) mass is 316 g/mol. The highest BCUT2D eigenvalue weighted by Crippen LogP contribution is 2.27. The van der Waals surface area contributed by atoms with Crippen molar-refractivity contribution in [3.8, 4) is 0 Å². The van der Waals surface area contributed by atoms with Crippen molar-refractivity contribution in [1.29, 1.82) is 0 Å². The number of ether oxygens (including phenoxy) is 1. The number of benzene rings is 1. The number of hydrogen-bond donors (Lipinski definition) is 1. The van der Waals surface area contributed by atoms with Gasteiger partial charge in [0.2, 0.25) is 0 Å². The van der Waals surface area contributed by atoms with Crippen LogP contribution in [0.4, 0.5) is 11.4 Å². The molecular formula is C12H17BrN2O3. The van der Waals surface area contributed by atoms with Crippen LogP contribution >= 0.6 is 15.9 Å². The summed E-state index contributed by atoms with van der Waals surface area (Å²) >= 11 is 3.22. The first-order chi connectivity index (χ1) is 8.50. The molecule has 0 heterocycles. The van der Waals surface area contributed by atoms with Crippen LogP contribution in [-0.2, 0) is 4.74 Å². The van der Waals surface area contributed by atoms with Crippen molar-refractivity contribution in [2.75, 3.05) is 25.1 Å². The Morgan fingerprint density at radius 1 is 1.50 bits per heavy atom. The van der Waals surface area contributed by atoms with E-state index in [2.05, 4.69) is 35.1 Å². The third-order valence-corrected chi connectivity index (χ3v) is 2.66. The predicted molar refractivity (Wildman–Crippen MR) is 74.9 cm³/mol. The van der Waals surface area contributed by atoms with Gasteiger partial charge in [0.15, 0.2) is 0 Å². The molecule has 0 spiro atoms. The smallest absolute Gasteiger partial charge is 0.293 e. The van der Waals surface area contributed by atoms with Crippen LogP contribution in [0.15, 0.2) is 22.7 Å². The summed E-state index contributed by atoms with van der Waals surface area (Å²) in [5, 5.41) is 13.9. The zero-order valence-electron chi connectivity index (χ0n) is 10.5. The zero-order valence-corrected chi connectivity index (χ0v) is 12.1. The Labute approximate surface area is 115 Å². The van der Waals surface area contributed by atoms with Gasteiger partial charge in [-0.1, -0.05) is 29.8 Å². The Balaban J connectivity index is 2.49. The van der Waals surface area contributed by atoms with Crippen molar-refractivity contribution >= 4 is 27.3 Å². The molecule has 18 heavy (non-hydrogen) atoms. The Bertz CT molecular complexity index is 410. The third kappa shape index (κ3) is 5.01. The number of nitro groups is 1. The molecule has 0 fully saturated rings. The summed E-state index contributed by atoms with van der Waals surface area (Å²) in [6.45, 7) is 5.94. The van der Waals surface area contributed by atoms with E-state index < -0.39 is 4.92 Å². The zero-order chi connectivity index (χ0) is 13.5. The second-order valence-corrected chi connectivity index (χ2v) is 5.23. The minimum Gasteiger partial charge on any atom is -0.379 e. The normalized spacial score (nSPS) is 10.7. The van der Waals surface area contributed by atoms with Gasteiger partial charge in [-0.25, -0.2) is 0 Å². The van der Waals surface area contributed by atoms with Gasteiger partial charge in [0, 0.05) is 23.7 Å². The van der Waals surface area contributed by atoms with Gasteiger partial charge in [-0.2, -0.15) is 0 Å². The molecule has 1 N–H and O–H groups in total. The van der Waals surface area contributed by atoms with E-state index in [-0.39, 0.29) is 5.69 Å². The SMILES string of the molecule is CC(C)COCCNc1ccc(Br)cc1[N+](=O)[O-]. The molecule has 1 rings (SSSR count). The summed E-state index contributed by atoms with van der Waals surface area (Å²) in [7, 11) is 0. The average molecular weight is 317 g/mol. The Morgan fingerprint density at radius 2 is 2.22 bits per heavy atom. The molecule has 0 saturated carbocycles. The predicted octanol–water partition coefficient (Wildman–Crippen LogP) is 3.44. The van der Waals surface area contributed by atoms with E-state index in [1.165, 1.54) is 6.07 Å². The van der Waals surface area contributed by atoms with Crippen LogP contribution in [0.25, 0.3) is 0 Å². The molecule has 0 aromatic heterocycles. The van der Waals surface area contributed by atoms with Gasteiger partial charge in [0.05, 0.1) is 11.5 Å². The summed E-state index contributed by atoms with van der Waals surface area (Å²) in [5.74, 6) is 0.493. The highest BCUT2D eigenvalue weighted by atomic mass is 79.9. The lowest BCUT2D eigenvalue weighted by Gasteiger charge is -2.09. The topological polar surface area (TPSA) is 64.4 Å². The lowest BCUT2D eigenvalue weighted by atomic mass is 10.2. The molecule has 0 radical (unpaired) electrons. The van der Waals surface area contributed by atoms with E-state index in [9.17, 15) is 10.1 Å². The second-order valence-electron chi connectivity index (χ2n) is 4.31. The van der Waals surface area contributed by atoms with E-state index in [0.717, 1.165) is 0 Å². The van der Waals surface area contributed by atoms with Gasteiger partial charge in [0.1, 0.15) is 5.69 Å². The summed E-state index contributed by atoms with van der Waals surface area (Å²) < 4.78 is 6.09. The molecule has 0 bridgehead atoms. The van der Waals surface area contributed by atoms with Gasteiger partial charge < -0.3 is 10.1 Å². The van der Waals surface area contributed by atoms with Crippen LogP contribution in [0.5, 0.6) is 0 Å². The largest absolute Gasteiger partial charge is 0.379 e. The Kier molecular flexibility index (Phi) is 6.07. The van der Waals surface area contributed by atoms with Gasteiger partial charge in [-0.15, -0.1) is 0 Å². The van der Waals surface area contributed by atoms with Gasteiger partial charge in [0.25, 0.3) is 5.69 Å². The number of halogens is 1. The number of nitro benzene ring substituents is 1. The lowest BCUT2D eigenvalue weighted by molar-refractivity contribution is -0.384. The van der Waals surface area contributed by atoms with Crippen LogP contribution < -0.4 is 5.32 Å². The molecule has 1 aromatic rings. The van der Waals surface area contributed by atoms with Crippen LogP contribution in [0.1, 0.15) is 13.8 Å². The first-order valence-corrected chi connectivity index (χ1v) is 6.55. The van der Waals surface area contributed by atoms with Crippen molar-refractivity contribution in [2.45, 2.75) is 13.8 Å². The van der Waals surface area contributed by atoms with E-state index in [4.69, 9.17) is 4.74 Å². The molecule has 0 aliphatic carbocycles. The number of nitrogens with one attached hydrogen (secondary N) is 1. The Morgan fingerprint density at radius 3 is 2.83 bits per heavy atom. The lowest BCUT2D eigenvalue weighted by Crippen LogP contribution is -2.12. The maximum absolute atomic E-state index is 10.9. The summed E-state index contributed by atoms with van der Waals surface area (Å²) in [5.41, 5.74) is 0.574. The molecule has 0 aliphatic heterocycles. The summed E-state index contributed by atoms with van der Waals surface area (Å²) in [6, 6.07) is 4.94. The van der Waals surface area contributed by atoms with Gasteiger partial charge in [-0.05, 0) is 18.1 Å². The van der Waals surface area contributed by atoms with Gasteiger partial charge >= 0.3 is 0 Å². The molecule has 5 nitrogen and oxygen atoms in total. The Hall–Kier alpha value is -1.14. The molecule has 1 aromatic carbocycles. The fraction of sp³-hybridized carbons (Fsp3) is 0.500. The van der Waals surface area contributed by atoms with Crippen LogP contribution in [0, 0.1) is 16.0 Å². The highest BCUT2D eigenvalue weighted by Gasteiger charge is 2.13. The summed E-state index contributed by atoms with van der Waals surface area (Å²) in [6.07, 6.45) is 0. The van der Waals surface area contributed by atoms with Crippen molar-refractivity contribution < 1.29 is 9.66 Å². The van der Waals surface area contributed by atoms with Crippen molar-refractivity contribution in [2.24, 2.45) is 5.92 Å². The van der Waals surface area contributed by atoms with Crippen molar-refractivity contribution in [3.05, 3.63) is 32.8 Å². The molecule has 0 saturated heterocycles. The fourth-order valence-corrected chi connectivity index (χ4v) is 1.73. The number of hydrogen-bond acceptors (Lipinski definition) is 4. The third-order valence-electron chi connectivity index (χ3n) is 2.17. The maximum Gasteiger partial charge on any atom is 0.293 e. The first kappa shape index (κ1) is 14.9. The van der Waals surface area contributed by atoms with Crippen LogP contribution in [0.3, 0.4) is 0 Å². The van der Waals surface area contributed by atoms with Crippen molar-refractivity contribution in [3.63, 3.8) is 0 Å². The average Bonchev–Trinajstić information content (AvgIpc) is 2.29. The molecule has 0 amide bonds. The maximum atomic E-state index is 10.9. The van der Waals surface area contributed by atoms with Gasteiger partial charge in [-0.3, -0.25) is 10.1 Å². The van der Waals surface area contributed by atoms with Crippen molar-refractivity contribution in [1.82, 2.24) is 0 Å². The minimum atomic E-state index is -0.401. The minimum absolute atomic E-state index is 0.0632. The number of rotatable bonds is 7. The van der Waals surface area contributed by atoms with E-state index in [1.807, 2.05) is 0 Å². The quantitative estimate of drug-likeness (QED) is 0.475. The highest BCUT2D eigenvalue weighted by molar-refractivity contribution is 9.10. The second kappa shape index (κ2) is 7.33. The fourth-order valence-electron chi connectivity index (χ4n) is 1.38. The van der Waals surface area contributed by atoms with E-state index >= 15 is 0 Å². The summed E-state index contributed by atoms with van der Waals surface area (Å²) in [4.78, 5) is 10.5. The standard InChI is InChI=1S/C12H17BrN2O3/c1-9(2)8-18-6-5-14-11-4-3-10(13)7-12(11)15(16)17/h3-4,7,9,14H,5-6,8H2,1-2H3. The molecule has 6 heteroatoms. The van der Waals surface area contributed by atoms with E-state index in [0.29, 0.717) is 35.8 Å².